The van der Waals surface area contributed by atoms with Gasteiger partial charge in [0.1, 0.15) is 4.33 Å². The number of benzene rings is 2. The Hall–Kier alpha value is -1.51. The van der Waals surface area contributed by atoms with Crippen LogP contribution in [0, 0.1) is 26.7 Å². The van der Waals surface area contributed by atoms with Gasteiger partial charge in [0, 0.05) is 11.6 Å². The van der Waals surface area contributed by atoms with E-state index < -0.39 is 10.3 Å². The first-order chi connectivity index (χ1) is 10.8. The fourth-order valence-corrected chi connectivity index (χ4v) is 4.13. The maximum atomic E-state index is 12.7. The first-order valence-electron chi connectivity index (χ1n) is 7.64. The number of carbonyl (C=O) groups is 1. The summed E-state index contributed by atoms with van der Waals surface area (Å²) in [6.07, 6.45) is 0. The van der Waals surface area contributed by atoms with Crippen molar-refractivity contribution < 1.29 is 4.79 Å². The van der Waals surface area contributed by atoms with Crippen molar-refractivity contribution in [3.8, 4) is 0 Å². The van der Waals surface area contributed by atoms with Crippen LogP contribution in [0.2, 0.25) is 0 Å². The Morgan fingerprint density at radius 3 is 2.17 bits per heavy atom. The summed E-state index contributed by atoms with van der Waals surface area (Å²) in [6.45, 7) is 6.03. The summed E-state index contributed by atoms with van der Waals surface area (Å²) in [4.78, 5) is 12.7. The molecule has 1 aliphatic carbocycles. The van der Waals surface area contributed by atoms with Gasteiger partial charge in [-0.2, -0.15) is 0 Å². The number of anilines is 1. The van der Waals surface area contributed by atoms with Crippen LogP contribution in [0.15, 0.2) is 42.5 Å². The van der Waals surface area contributed by atoms with Gasteiger partial charge in [-0.15, -0.1) is 23.2 Å². The summed E-state index contributed by atoms with van der Waals surface area (Å²) < 4.78 is -1.04. The average Bonchev–Trinajstić information content (AvgIpc) is 3.06. The lowest BCUT2D eigenvalue weighted by Gasteiger charge is -2.13. The number of amides is 1. The maximum absolute atomic E-state index is 12.7. The second kappa shape index (κ2) is 5.85. The third-order valence-corrected chi connectivity index (χ3v) is 5.36. The third-order valence-electron chi connectivity index (χ3n) is 4.42. The van der Waals surface area contributed by atoms with E-state index in [1.165, 1.54) is 5.56 Å². The lowest BCUT2D eigenvalue weighted by Crippen LogP contribution is -2.18. The monoisotopic (exact) mass is 347 g/mol. The van der Waals surface area contributed by atoms with Gasteiger partial charge in [0.2, 0.25) is 5.91 Å². The van der Waals surface area contributed by atoms with Gasteiger partial charge in [0.15, 0.2) is 0 Å². The Morgan fingerprint density at radius 1 is 1.04 bits per heavy atom. The Balaban J connectivity index is 1.82. The van der Waals surface area contributed by atoms with E-state index in [4.69, 9.17) is 23.2 Å². The summed E-state index contributed by atoms with van der Waals surface area (Å²) in [5, 5.41) is 3.02. The van der Waals surface area contributed by atoms with Crippen molar-refractivity contribution in [2.45, 2.75) is 31.0 Å². The van der Waals surface area contributed by atoms with Crippen molar-refractivity contribution in [3.05, 3.63) is 64.7 Å². The first kappa shape index (κ1) is 16.4. The molecule has 0 unspecified atom stereocenters. The van der Waals surface area contributed by atoms with Gasteiger partial charge in [-0.05, 0) is 37.5 Å². The number of alkyl halides is 2. The van der Waals surface area contributed by atoms with Crippen molar-refractivity contribution in [2.75, 3.05) is 5.32 Å². The fourth-order valence-electron chi connectivity index (χ4n) is 3.31. The van der Waals surface area contributed by atoms with Crippen molar-refractivity contribution in [3.63, 3.8) is 0 Å². The minimum absolute atomic E-state index is 0.126. The molecular formula is C19H19Cl2NO. The third kappa shape index (κ3) is 2.98. The SMILES string of the molecule is Cc1cc(C)c(NC(=O)[C@@H]2[C@@H](c3ccccc3)C2(Cl)Cl)c(C)c1. The highest BCUT2D eigenvalue weighted by Crippen LogP contribution is 2.65. The minimum atomic E-state index is -1.04. The summed E-state index contributed by atoms with van der Waals surface area (Å²) in [5.41, 5.74) is 5.11. The highest BCUT2D eigenvalue weighted by atomic mass is 35.5. The van der Waals surface area contributed by atoms with E-state index in [1.54, 1.807) is 0 Å². The van der Waals surface area contributed by atoms with E-state index in [1.807, 2.05) is 51.1 Å². The van der Waals surface area contributed by atoms with E-state index in [0.29, 0.717) is 0 Å². The molecule has 0 radical (unpaired) electrons. The van der Waals surface area contributed by atoms with Crippen LogP contribution in [0.3, 0.4) is 0 Å². The number of aryl methyl sites for hydroxylation is 3. The maximum Gasteiger partial charge on any atom is 0.231 e. The molecule has 0 aromatic heterocycles. The molecule has 3 rings (SSSR count). The molecule has 0 aliphatic heterocycles. The number of halogens is 2. The lowest BCUT2D eigenvalue weighted by molar-refractivity contribution is -0.117. The average molecular weight is 348 g/mol. The molecule has 2 nitrogen and oxygen atoms in total. The number of hydrogen-bond donors (Lipinski definition) is 1. The van der Waals surface area contributed by atoms with Gasteiger partial charge in [-0.25, -0.2) is 0 Å². The summed E-state index contributed by atoms with van der Waals surface area (Å²) in [7, 11) is 0. The zero-order valence-corrected chi connectivity index (χ0v) is 14.9. The number of carbonyl (C=O) groups excluding carboxylic acids is 1. The molecule has 0 saturated heterocycles. The molecule has 2 aromatic rings. The highest BCUT2D eigenvalue weighted by Gasteiger charge is 2.67. The van der Waals surface area contributed by atoms with Gasteiger partial charge in [-0.3, -0.25) is 4.79 Å². The molecule has 2 atom stereocenters. The van der Waals surface area contributed by atoms with E-state index in [-0.39, 0.29) is 11.8 Å². The standard InChI is InChI=1S/C19H19Cl2NO/c1-11-9-12(2)17(13(3)10-11)22-18(23)16-15(19(16,20)21)14-7-5-4-6-8-14/h4-10,15-16H,1-3H3,(H,22,23)/t15-,16+/m1/s1. The molecule has 0 spiro atoms. The van der Waals surface area contributed by atoms with Crippen LogP contribution >= 0.6 is 23.2 Å². The summed E-state index contributed by atoms with van der Waals surface area (Å²) >= 11 is 12.8. The fraction of sp³-hybridized carbons (Fsp3) is 0.316. The number of hydrogen-bond acceptors (Lipinski definition) is 1. The second-order valence-corrected chi connectivity index (χ2v) is 7.75. The van der Waals surface area contributed by atoms with E-state index in [9.17, 15) is 4.79 Å². The molecule has 1 aliphatic rings. The van der Waals surface area contributed by atoms with Crippen molar-refractivity contribution in [1.29, 1.82) is 0 Å². The van der Waals surface area contributed by atoms with Crippen LogP contribution in [0.5, 0.6) is 0 Å². The topological polar surface area (TPSA) is 29.1 Å². The Labute approximate surface area is 146 Å². The number of rotatable bonds is 3. The van der Waals surface area contributed by atoms with Crippen LogP contribution < -0.4 is 5.32 Å². The molecule has 1 amide bonds. The molecule has 23 heavy (non-hydrogen) atoms. The van der Waals surface area contributed by atoms with Crippen molar-refractivity contribution in [1.82, 2.24) is 0 Å². The first-order valence-corrected chi connectivity index (χ1v) is 8.39. The molecule has 0 heterocycles. The molecule has 1 fully saturated rings. The van der Waals surface area contributed by atoms with Gasteiger partial charge in [0.05, 0.1) is 5.92 Å². The van der Waals surface area contributed by atoms with Crippen LogP contribution in [0.4, 0.5) is 5.69 Å². The predicted octanol–water partition coefficient (Wildman–Crippen LogP) is 5.14. The second-order valence-electron chi connectivity index (χ2n) is 6.30. The minimum Gasteiger partial charge on any atom is -0.325 e. The molecule has 0 bridgehead atoms. The molecule has 4 heteroatoms. The Bertz CT molecular complexity index is 732. The van der Waals surface area contributed by atoms with Crippen LogP contribution in [0.1, 0.15) is 28.2 Å². The van der Waals surface area contributed by atoms with Crippen molar-refractivity contribution in [2.24, 2.45) is 5.92 Å². The molecule has 120 valence electrons. The van der Waals surface area contributed by atoms with Gasteiger partial charge in [-0.1, -0.05) is 48.0 Å². The highest BCUT2D eigenvalue weighted by molar-refractivity contribution is 6.53. The van der Waals surface area contributed by atoms with E-state index in [2.05, 4.69) is 17.4 Å². The van der Waals surface area contributed by atoms with E-state index >= 15 is 0 Å². The predicted molar refractivity (Wildman–Crippen MR) is 96.4 cm³/mol. The van der Waals surface area contributed by atoms with Gasteiger partial charge >= 0.3 is 0 Å². The normalized spacial score (nSPS) is 21.8. The molecule has 2 aromatic carbocycles. The van der Waals surface area contributed by atoms with Crippen molar-refractivity contribution >= 4 is 34.8 Å². The zero-order valence-electron chi connectivity index (χ0n) is 13.4. The lowest BCUT2D eigenvalue weighted by atomic mass is 10.0. The van der Waals surface area contributed by atoms with Crippen LogP contribution in [-0.4, -0.2) is 10.2 Å². The summed E-state index contributed by atoms with van der Waals surface area (Å²) in [5.74, 6) is -0.731. The summed E-state index contributed by atoms with van der Waals surface area (Å²) in [6, 6.07) is 13.8. The van der Waals surface area contributed by atoms with Crippen LogP contribution in [0.25, 0.3) is 0 Å². The van der Waals surface area contributed by atoms with E-state index in [0.717, 1.165) is 22.4 Å². The quantitative estimate of drug-likeness (QED) is 0.765. The molecular weight excluding hydrogens is 329 g/mol. The van der Waals surface area contributed by atoms with Gasteiger partial charge in [0.25, 0.3) is 0 Å². The Kier molecular flexibility index (Phi) is 4.16. The molecule has 1 N–H and O–H groups in total. The smallest absolute Gasteiger partial charge is 0.231 e. The zero-order chi connectivity index (χ0) is 16.8. The van der Waals surface area contributed by atoms with Gasteiger partial charge < -0.3 is 5.32 Å². The number of nitrogens with one attached hydrogen (secondary N) is 1. The largest absolute Gasteiger partial charge is 0.325 e. The Morgan fingerprint density at radius 2 is 1.61 bits per heavy atom. The van der Waals surface area contributed by atoms with Crippen LogP contribution in [-0.2, 0) is 4.79 Å². The molecule has 1 saturated carbocycles.